The first-order valence-corrected chi connectivity index (χ1v) is 4.46. The van der Waals surface area contributed by atoms with Crippen molar-refractivity contribution in [1.29, 1.82) is 5.26 Å². The Morgan fingerprint density at radius 3 is 2.86 bits per heavy atom. The Morgan fingerprint density at radius 2 is 2.29 bits per heavy atom. The Morgan fingerprint density at radius 1 is 1.57 bits per heavy atom. The van der Waals surface area contributed by atoms with Crippen LogP contribution in [0.5, 0.6) is 0 Å². The number of hydrogen-bond acceptors (Lipinski definition) is 2. The summed E-state index contributed by atoms with van der Waals surface area (Å²) in [6, 6.07) is 6.58. The molecule has 1 aromatic rings. The summed E-state index contributed by atoms with van der Waals surface area (Å²) in [5.41, 5.74) is 1.23. The molecule has 1 unspecified atom stereocenters. The van der Waals surface area contributed by atoms with Gasteiger partial charge in [0.2, 0.25) is 0 Å². The van der Waals surface area contributed by atoms with E-state index < -0.39 is 11.9 Å². The van der Waals surface area contributed by atoms with E-state index in [1.54, 1.807) is 19.1 Å². The van der Waals surface area contributed by atoms with E-state index >= 15 is 0 Å². The van der Waals surface area contributed by atoms with Crippen LogP contribution in [0, 0.1) is 24.1 Å². The third-order valence-corrected chi connectivity index (χ3v) is 1.88. The number of benzene rings is 1. The van der Waals surface area contributed by atoms with E-state index in [0.717, 1.165) is 5.56 Å². The lowest BCUT2D eigenvalue weighted by atomic mass is 10.1. The fourth-order valence-electron chi connectivity index (χ4n) is 1.23. The summed E-state index contributed by atoms with van der Waals surface area (Å²) in [5, 5.41) is 8.78. The Kier molecular flexibility index (Phi) is 3.61. The maximum atomic E-state index is 13.3. The van der Waals surface area contributed by atoms with Gasteiger partial charge >= 0.3 is 0 Å². The van der Waals surface area contributed by atoms with Crippen molar-refractivity contribution in [2.24, 2.45) is 0 Å². The number of ether oxygens (including phenoxy) is 1. The molecule has 1 atom stereocenters. The normalized spacial score (nSPS) is 12.1. The molecule has 0 spiro atoms. The van der Waals surface area contributed by atoms with Gasteiger partial charge in [-0.25, -0.2) is 4.39 Å². The van der Waals surface area contributed by atoms with Gasteiger partial charge in [-0.3, -0.25) is 0 Å². The molecule has 0 heterocycles. The first kappa shape index (κ1) is 10.7. The molecule has 0 aromatic heterocycles. The molecule has 14 heavy (non-hydrogen) atoms. The molecule has 74 valence electrons. The quantitative estimate of drug-likeness (QED) is 0.739. The molecular weight excluding hydrogens is 181 g/mol. The molecule has 1 rings (SSSR count). The van der Waals surface area contributed by atoms with Crippen LogP contribution in [0.4, 0.5) is 4.39 Å². The van der Waals surface area contributed by atoms with Gasteiger partial charge in [0.1, 0.15) is 5.82 Å². The van der Waals surface area contributed by atoms with Crippen molar-refractivity contribution in [1.82, 2.24) is 0 Å². The second kappa shape index (κ2) is 4.73. The van der Waals surface area contributed by atoms with Crippen LogP contribution in [0.15, 0.2) is 18.2 Å². The van der Waals surface area contributed by atoms with Crippen LogP contribution < -0.4 is 0 Å². The summed E-state index contributed by atoms with van der Waals surface area (Å²) in [4.78, 5) is 0. The molecule has 0 saturated heterocycles. The molecule has 3 heteroatoms. The molecule has 0 bridgehead atoms. The van der Waals surface area contributed by atoms with Crippen molar-refractivity contribution in [3.63, 3.8) is 0 Å². The lowest BCUT2D eigenvalue weighted by molar-refractivity contribution is 0.0993. The fraction of sp³-hybridized carbons (Fsp3) is 0.364. The molecular formula is C11H12FNO. The van der Waals surface area contributed by atoms with Crippen molar-refractivity contribution in [3.05, 3.63) is 35.1 Å². The lowest BCUT2D eigenvalue weighted by Crippen LogP contribution is -2.04. The van der Waals surface area contributed by atoms with E-state index in [9.17, 15) is 4.39 Å². The van der Waals surface area contributed by atoms with Gasteiger partial charge in [0, 0.05) is 12.2 Å². The second-order valence-electron chi connectivity index (χ2n) is 2.99. The first-order chi connectivity index (χ1) is 6.69. The molecule has 0 saturated carbocycles. The third-order valence-electron chi connectivity index (χ3n) is 1.88. The molecule has 0 aliphatic rings. The largest absolute Gasteiger partial charge is 0.359 e. The molecule has 0 amide bonds. The van der Waals surface area contributed by atoms with Crippen molar-refractivity contribution in [3.8, 4) is 6.07 Å². The van der Waals surface area contributed by atoms with Gasteiger partial charge < -0.3 is 4.74 Å². The van der Waals surface area contributed by atoms with E-state index in [-0.39, 0.29) is 0 Å². The van der Waals surface area contributed by atoms with Crippen LogP contribution in [-0.2, 0) is 4.74 Å². The maximum Gasteiger partial charge on any atom is 0.171 e. The summed E-state index contributed by atoms with van der Waals surface area (Å²) in [6.07, 6.45) is -0.806. The standard InChI is InChI=1S/C11H12FNO/c1-3-14-11(7-13)9-6-8(2)4-5-10(9)12/h4-6,11H,3H2,1-2H3. The third kappa shape index (κ3) is 2.30. The summed E-state index contributed by atoms with van der Waals surface area (Å²) < 4.78 is 18.4. The zero-order valence-corrected chi connectivity index (χ0v) is 8.25. The van der Waals surface area contributed by atoms with Gasteiger partial charge in [-0.05, 0) is 26.0 Å². The Bertz CT molecular complexity index is 357. The molecule has 0 fully saturated rings. The van der Waals surface area contributed by atoms with Gasteiger partial charge in [-0.2, -0.15) is 5.26 Å². The predicted octanol–water partition coefficient (Wildman–Crippen LogP) is 2.74. The van der Waals surface area contributed by atoms with Crippen molar-refractivity contribution in [2.75, 3.05) is 6.61 Å². The average molecular weight is 193 g/mol. The molecule has 0 N–H and O–H groups in total. The molecule has 2 nitrogen and oxygen atoms in total. The number of rotatable bonds is 3. The van der Waals surface area contributed by atoms with Crippen LogP contribution in [0.1, 0.15) is 24.2 Å². The maximum absolute atomic E-state index is 13.3. The minimum atomic E-state index is -0.806. The number of aryl methyl sites for hydroxylation is 1. The lowest BCUT2D eigenvalue weighted by Gasteiger charge is -2.10. The Labute approximate surface area is 82.9 Å². The van der Waals surface area contributed by atoms with Crippen LogP contribution in [0.3, 0.4) is 0 Å². The highest BCUT2D eigenvalue weighted by Gasteiger charge is 2.14. The van der Waals surface area contributed by atoms with Crippen LogP contribution in [-0.4, -0.2) is 6.61 Å². The van der Waals surface area contributed by atoms with Crippen molar-refractivity contribution in [2.45, 2.75) is 20.0 Å². The fourth-order valence-corrected chi connectivity index (χ4v) is 1.23. The zero-order valence-electron chi connectivity index (χ0n) is 8.25. The molecule has 0 aliphatic heterocycles. The minimum Gasteiger partial charge on any atom is -0.359 e. The van der Waals surface area contributed by atoms with Gasteiger partial charge in [0.25, 0.3) is 0 Å². The highest BCUT2D eigenvalue weighted by Crippen LogP contribution is 2.21. The molecule has 0 radical (unpaired) electrons. The van der Waals surface area contributed by atoms with Crippen LogP contribution in [0.2, 0.25) is 0 Å². The topological polar surface area (TPSA) is 33.0 Å². The van der Waals surface area contributed by atoms with E-state index in [4.69, 9.17) is 10.00 Å². The average Bonchev–Trinajstić information content (AvgIpc) is 2.18. The van der Waals surface area contributed by atoms with Crippen LogP contribution >= 0.6 is 0 Å². The van der Waals surface area contributed by atoms with Gasteiger partial charge in [0.15, 0.2) is 6.10 Å². The highest BCUT2D eigenvalue weighted by atomic mass is 19.1. The number of nitriles is 1. The summed E-state index contributed by atoms with van der Waals surface area (Å²) in [5.74, 6) is -0.393. The zero-order chi connectivity index (χ0) is 10.6. The molecule has 1 aromatic carbocycles. The van der Waals surface area contributed by atoms with Gasteiger partial charge in [-0.1, -0.05) is 11.6 Å². The predicted molar refractivity (Wildman–Crippen MR) is 51.1 cm³/mol. The Hall–Kier alpha value is -1.40. The summed E-state index contributed by atoms with van der Waals surface area (Å²) >= 11 is 0. The summed E-state index contributed by atoms with van der Waals surface area (Å²) in [6.45, 7) is 4.02. The second-order valence-corrected chi connectivity index (χ2v) is 2.99. The van der Waals surface area contributed by atoms with Gasteiger partial charge in [-0.15, -0.1) is 0 Å². The highest BCUT2D eigenvalue weighted by molar-refractivity contribution is 5.28. The smallest absolute Gasteiger partial charge is 0.171 e. The number of halogens is 1. The monoisotopic (exact) mass is 193 g/mol. The SMILES string of the molecule is CCOC(C#N)c1cc(C)ccc1F. The summed E-state index contributed by atoms with van der Waals surface area (Å²) in [7, 11) is 0. The minimum absolute atomic E-state index is 0.314. The van der Waals surface area contributed by atoms with Crippen molar-refractivity contribution < 1.29 is 9.13 Å². The van der Waals surface area contributed by atoms with E-state index in [1.807, 2.05) is 13.0 Å². The van der Waals surface area contributed by atoms with Crippen LogP contribution in [0.25, 0.3) is 0 Å². The van der Waals surface area contributed by atoms with E-state index in [2.05, 4.69) is 0 Å². The number of hydrogen-bond donors (Lipinski definition) is 0. The number of nitrogens with zero attached hydrogens (tertiary/aromatic N) is 1. The van der Waals surface area contributed by atoms with Gasteiger partial charge in [0.05, 0.1) is 6.07 Å². The Balaban J connectivity index is 3.03. The first-order valence-electron chi connectivity index (χ1n) is 4.46. The molecule has 0 aliphatic carbocycles. The van der Waals surface area contributed by atoms with E-state index in [1.165, 1.54) is 6.07 Å². The van der Waals surface area contributed by atoms with Crippen molar-refractivity contribution >= 4 is 0 Å². The van der Waals surface area contributed by atoms with E-state index in [0.29, 0.717) is 12.2 Å².